The van der Waals surface area contributed by atoms with Crippen LogP contribution in [0.1, 0.15) is 25.3 Å². The standard InChI is InChI=1S/C33H30N8O7S/c1-22(2)23-11-12-29(38-20-23)49(43,44)41-32-30(48-26-10-5-4-9-25(26)45-3)27(19-24(39-32)31-36-13-8-14-37-31)46-17-6-7-18-47-33(42)40-28-21-34-15-16-35-28/h4-5,8-16,19-22H,17-18H2,1-3H3,(H,39,41)(H,35,40,42). The van der Waals surface area contributed by atoms with E-state index in [0.717, 1.165) is 5.56 Å². The van der Waals surface area contributed by atoms with Crippen LogP contribution >= 0.6 is 0 Å². The molecule has 15 nitrogen and oxygen atoms in total. The van der Waals surface area contributed by atoms with E-state index in [1.807, 2.05) is 13.8 Å². The molecule has 1 aromatic carbocycles. The molecule has 0 unspecified atom stereocenters. The fourth-order valence-electron chi connectivity index (χ4n) is 4.04. The zero-order valence-electron chi connectivity index (χ0n) is 26.5. The van der Waals surface area contributed by atoms with E-state index in [9.17, 15) is 13.2 Å². The maximum atomic E-state index is 13.6. The molecule has 49 heavy (non-hydrogen) atoms. The van der Waals surface area contributed by atoms with Gasteiger partial charge < -0.3 is 18.9 Å². The third-order valence-corrected chi connectivity index (χ3v) is 7.69. The number of pyridine rings is 2. The number of carbonyl (C=O) groups is 1. The van der Waals surface area contributed by atoms with Gasteiger partial charge in [-0.25, -0.2) is 29.7 Å². The highest BCUT2D eigenvalue weighted by atomic mass is 32.2. The Morgan fingerprint density at radius 3 is 2.35 bits per heavy atom. The smallest absolute Gasteiger partial charge is 0.413 e. The predicted molar refractivity (Wildman–Crippen MR) is 178 cm³/mol. The Morgan fingerprint density at radius 2 is 1.65 bits per heavy atom. The first kappa shape index (κ1) is 34.0. The highest BCUT2D eigenvalue weighted by Crippen LogP contribution is 2.43. The van der Waals surface area contributed by atoms with Gasteiger partial charge >= 0.3 is 6.09 Å². The Kier molecular flexibility index (Phi) is 11.1. The third kappa shape index (κ3) is 9.14. The number of aromatic nitrogens is 6. The van der Waals surface area contributed by atoms with Crippen molar-refractivity contribution < 1.29 is 32.2 Å². The van der Waals surface area contributed by atoms with Crippen LogP contribution in [0.4, 0.5) is 16.4 Å². The van der Waals surface area contributed by atoms with Crippen LogP contribution in [0.3, 0.4) is 0 Å². The van der Waals surface area contributed by atoms with Crippen molar-refractivity contribution in [3.05, 3.63) is 91.3 Å². The fraction of sp³-hybridized carbons (Fsp3) is 0.182. The summed E-state index contributed by atoms with van der Waals surface area (Å²) in [5.74, 6) is 6.29. The number of sulfonamides is 1. The molecule has 0 saturated heterocycles. The van der Waals surface area contributed by atoms with Crippen LogP contribution in [0.2, 0.25) is 0 Å². The van der Waals surface area contributed by atoms with Crippen molar-refractivity contribution in [2.24, 2.45) is 0 Å². The monoisotopic (exact) mass is 682 g/mol. The van der Waals surface area contributed by atoms with Gasteiger partial charge in [0.15, 0.2) is 46.3 Å². The average molecular weight is 683 g/mol. The largest absolute Gasteiger partial charge is 0.493 e. The number of amides is 1. The Hall–Kier alpha value is -6.34. The van der Waals surface area contributed by atoms with E-state index in [-0.39, 0.29) is 64.6 Å². The molecule has 5 aromatic rings. The second-order valence-corrected chi connectivity index (χ2v) is 11.8. The number of nitrogens with zero attached hydrogens (tertiary/aromatic N) is 6. The fourth-order valence-corrected chi connectivity index (χ4v) is 4.97. The van der Waals surface area contributed by atoms with Crippen LogP contribution in [0.5, 0.6) is 23.0 Å². The Labute approximate surface area is 282 Å². The van der Waals surface area contributed by atoms with Crippen LogP contribution in [-0.4, -0.2) is 64.7 Å². The molecule has 16 heteroatoms. The number of rotatable bonds is 12. The van der Waals surface area contributed by atoms with Gasteiger partial charge in [0.1, 0.15) is 12.3 Å². The summed E-state index contributed by atoms with van der Waals surface area (Å²) in [5.41, 5.74) is 1.04. The number of nitrogens with one attached hydrogen (secondary N) is 2. The van der Waals surface area contributed by atoms with E-state index >= 15 is 0 Å². The second kappa shape index (κ2) is 16.0. The van der Waals surface area contributed by atoms with Gasteiger partial charge in [-0.3, -0.25) is 15.0 Å². The topological polar surface area (TPSA) is 190 Å². The molecular weight excluding hydrogens is 652 g/mol. The molecule has 0 fully saturated rings. The lowest BCUT2D eigenvalue weighted by molar-refractivity contribution is 0.176. The molecule has 0 spiro atoms. The average Bonchev–Trinajstić information content (AvgIpc) is 3.11. The van der Waals surface area contributed by atoms with Crippen LogP contribution in [-0.2, 0) is 14.8 Å². The van der Waals surface area contributed by atoms with Crippen LogP contribution in [0, 0.1) is 11.8 Å². The lowest BCUT2D eigenvalue weighted by Gasteiger charge is -2.18. The number of para-hydroxylation sites is 2. The molecule has 1 amide bonds. The molecule has 0 radical (unpaired) electrons. The first-order chi connectivity index (χ1) is 23.7. The minimum atomic E-state index is -4.29. The summed E-state index contributed by atoms with van der Waals surface area (Å²) >= 11 is 0. The molecule has 0 bridgehead atoms. The van der Waals surface area contributed by atoms with E-state index in [0.29, 0.717) is 5.75 Å². The van der Waals surface area contributed by atoms with E-state index in [2.05, 4.69) is 51.8 Å². The number of carbonyl (C=O) groups excluding carboxylic acids is 1. The summed E-state index contributed by atoms with van der Waals surface area (Å²) in [7, 11) is -2.82. The molecule has 0 aliphatic rings. The maximum Gasteiger partial charge on any atom is 0.413 e. The van der Waals surface area contributed by atoms with E-state index < -0.39 is 16.1 Å². The summed E-state index contributed by atoms with van der Waals surface area (Å²) < 4.78 is 52.4. The number of methoxy groups -OCH3 is 1. The molecule has 0 atom stereocenters. The number of hydrogen-bond acceptors (Lipinski definition) is 13. The first-order valence-electron chi connectivity index (χ1n) is 14.6. The van der Waals surface area contributed by atoms with Gasteiger partial charge in [0, 0.05) is 37.1 Å². The molecule has 4 heterocycles. The summed E-state index contributed by atoms with van der Waals surface area (Å²) in [6, 6.07) is 13.0. The van der Waals surface area contributed by atoms with Gasteiger partial charge in [-0.2, -0.15) is 8.42 Å². The van der Waals surface area contributed by atoms with Gasteiger partial charge in [0.25, 0.3) is 10.0 Å². The van der Waals surface area contributed by atoms with Crippen molar-refractivity contribution in [2.75, 3.05) is 30.4 Å². The first-order valence-corrected chi connectivity index (χ1v) is 16.1. The second-order valence-electron chi connectivity index (χ2n) is 10.1. The molecule has 4 aromatic heterocycles. The Bertz CT molecular complexity index is 2060. The van der Waals surface area contributed by atoms with E-state index in [1.54, 1.807) is 36.4 Å². The van der Waals surface area contributed by atoms with Crippen LogP contribution < -0.4 is 24.2 Å². The minimum absolute atomic E-state index is 0.0415. The summed E-state index contributed by atoms with van der Waals surface area (Å²) in [5, 5.41) is 2.19. The molecule has 5 rings (SSSR count). The van der Waals surface area contributed by atoms with Crippen LogP contribution in [0.25, 0.3) is 11.5 Å². The van der Waals surface area contributed by atoms with Crippen LogP contribution in [0.15, 0.2) is 90.7 Å². The van der Waals surface area contributed by atoms with Crippen molar-refractivity contribution >= 4 is 27.8 Å². The molecule has 2 N–H and O–H groups in total. The lowest BCUT2D eigenvalue weighted by atomic mass is 10.1. The van der Waals surface area contributed by atoms with Gasteiger partial charge in [0.05, 0.1) is 13.3 Å². The Morgan fingerprint density at radius 1 is 0.878 bits per heavy atom. The molecule has 0 aliphatic heterocycles. The molecule has 0 saturated carbocycles. The normalized spacial score (nSPS) is 10.8. The van der Waals surface area contributed by atoms with Crippen molar-refractivity contribution in [1.82, 2.24) is 29.9 Å². The number of hydrogen-bond donors (Lipinski definition) is 2. The van der Waals surface area contributed by atoms with Gasteiger partial charge in [0.2, 0.25) is 5.75 Å². The SMILES string of the molecule is COc1ccccc1Oc1c(OCC#CCOC(=O)Nc2cnccn2)cc(-c2ncccn2)nc1NS(=O)(=O)c1ccc(C(C)C)cn1. The minimum Gasteiger partial charge on any atom is -0.493 e. The highest BCUT2D eigenvalue weighted by Gasteiger charge is 2.25. The Balaban J connectivity index is 1.47. The van der Waals surface area contributed by atoms with E-state index in [1.165, 1.54) is 56.4 Å². The van der Waals surface area contributed by atoms with Gasteiger partial charge in [-0.15, -0.1) is 0 Å². The summed E-state index contributed by atoms with van der Waals surface area (Å²) in [6.45, 7) is 3.47. The highest BCUT2D eigenvalue weighted by molar-refractivity contribution is 7.92. The van der Waals surface area contributed by atoms with Crippen molar-refractivity contribution in [3.63, 3.8) is 0 Å². The van der Waals surface area contributed by atoms with Crippen molar-refractivity contribution in [2.45, 2.75) is 24.8 Å². The number of ether oxygens (including phenoxy) is 4. The van der Waals surface area contributed by atoms with E-state index in [4.69, 9.17) is 18.9 Å². The molecule has 250 valence electrons. The summed E-state index contributed by atoms with van der Waals surface area (Å²) in [6.07, 6.45) is 8.01. The predicted octanol–water partition coefficient (Wildman–Crippen LogP) is 5.08. The maximum absolute atomic E-state index is 13.6. The van der Waals surface area contributed by atoms with Crippen molar-refractivity contribution in [3.8, 4) is 46.4 Å². The zero-order chi connectivity index (χ0) is 34.6. The summed E-state index contributed by atoms with van der Waals surface area (Å²) in [4.78, 5) is 37.0. The number of anilines is 2. The van der Waals surface area contributed by atoms with Gasteiger partial charge in [-0.05, 0) is 35.7 Å². The van der Waals surface area contributed by atoms with Gasteiger partial charge in [-0.1, -0.05) is 43.9 Å². The number of benzene rings is 1. The zero-order valence-corrected chi connectivity index (χ0v) is 27.3. The lowest BCUT2D eigenvalue weighted by Crippen LogP contribution is -2.17. The molecular formula is C33H30N8O7S. The quantitative estimate of drug-likeness (QED) is 0.166. The third-order valence-electron chi connectivity index (χ3n) is 6.44. The molecule has 0 aliphatic carbocycles. The van der Waals surface area contributed by atoms with Crippen molar-refractivity contribution in [1.29, 1.82) is 0 Å².